The highest BCUT2D eigenvalue weighted by Crippen LogP contribution is 2.54. The molecule has 4 rings (SSSR count). The van der Waals surface area contributed by atoms with Gasteiger partial charge >= 0.3 is 0 Å². The monoisotopic (exact) mass is 527 g/mol. The Morgan fingerprint density at radius 1 is 1.16 bits per heavy atom. The lowest BCUT2D eigenvalue weighted by Crippen LogP contribution is -2.65. The van der Waals surface area contributed by atoms with E-state index >= 15 is 0 Å². The summed E-state index contributed by atoms with van der Waals surface area (Å²) in [5, 5.41) is 45.5. The SMILES string of the molecule is CC(C)CCc1cc(N(C)C)c2c(c1O)C(O)=C1C(=O)[C@]3(O)C(O)=C(C(N)=O)C(=O)C(N(C)C)[C@H]3C[C@@H]1C2. The number of hydrogen-bond acceptors (Lipinski definition) is 9. The number of carbonyl (C=O) groups is 3. The maximum absolute atomic E-state index is 14.0. The van der Waals surface area contributed by atoms with E-state index in [2.05, 4.69) is 13.8 Å². The summed E-state index contributed by atoms with van der Waals surface area (Å²) in [6, 6.07) is 0.795. The molecule has 1 aromatic rings. The number of phenols is 1. The van der Waals surface area contributed by atoms with Crippen molar-refractivity contribution in [1.29, 1.82) is 0 Å². The van der Waals surface area contributed by atoms with Gasteiger partial charge in [0.2, 0.25) is 5.78 Å². The number of nitrogens with zero attached hydrogens (tertiary/aromatic N) is 2. The highest BCUT2D eigenvalue weighted by molar-refractivity contribution is 6.24. The second-order valence-electron chi connectivity index (χ2n) is 11.5. The van der Waals surface area contributed by atoms with Gasteiger partial charge in [0.1, 0.15) is 22.8 Å². The average molecular weight is 528 g/mol. The number of benzene rings is 1. The number of rotatable bonds is 6. The molecule has 6 N–H and O–H groups in total. The van der Waals surface area contributed by atoms with Crippen LogP contribution in [0.2, 0.25) is 0 Å². The van der Waals surface area contributed by atoms with Gasteiger partial charge < -0.3 is 31.1 Å². The number of aliphatic hydroxyl groups excluding tert-OH is 2. The third-order valence-electron chi connectivity index (χ3n) is 8.25. The summed E-state index contributed by atoms with van der Waals surface area (Å²) in [4.78, 5) is 42.7. The molecule has 1 unspecified atom stereocenters. The fraction of sp³-hybridized carbons (Fsp3) is 0.536. The molecule has 1 aromatic carbocycles. The predicted octanol–water partition coefficient (Wildman–Crippen LogP) is 1.62. The molecule has 0 bridgehead atoms. The second kappa shape index (κ2) is 9.43. The van der Waals surface area contributed by atoms with Gasteiger partial charge in [0, 0.05) is 31.3 Å². The first kappa shape index (κ1) is 27.7. The standard InChI is InChI=1S/C28H37N3O7/c1-12(2)7-8-13-11-17(30(3)4)15-9-14-10-16-21(31(5)6)24(34)20(27(29)37)26(36)28(16,38)25(35)18(14)23(33)19(15)22(13)32/h11-12,14,16,21,32-33,36,38H,7-10H2,1-6H3,(H2,29,37)/t14-,16+,21?,28-/m0/s1. The van der Waals surface area contributed by atoms with Crippen molar-refractivity contribution < 1.29 is 34.8 Å². The Balaban J connectivity index is 1.97. The molecule has 3 aliphatic carbocycles. The molecule has 1 fully saturated rings. The summed E-state index contributed by atoms with van der Waals surface area (Å²) in [5.41, 5.74) is 3.98. The van der Waals surface area contributed by atoms with E-state index in [9.17, 15) is 34.8 Å². The Bertz CT molecular complexity index is 1290. The van der Waals surface area contributed by atoms with E-state index in [-0.39, 0.29) is 29.7 Å². The minimum absolute atomic E-state index is 0.0640. The maximum atomic E-state index is 14.0. The molecule has 10 heteroatoms. The van der Waals surface area contributed by atoms with Crippen LogP contribution in [0, 0.1) is 17.8 Å². The fourth-order valence-corrected chi connectivity index (χ4v) is 6.38. The summed E-state index contributed by atoms with van der Waals surface area (Å²) >= 11 is 0. The molecule has 4 atom stereocenters. The number of amides is 1. The molecular formula is C28H37N3O7. The van der Waals surface area contributed by atoms with Gasteiger partial charge in [0.25, 0.3) is 5.91 Å². The Morgan fingerprint density at radius 3 is 2.32 bits per heavy atom. The molecule has 10 nitrogen and oxygen atoms in total. The Morgan fingerprint density at radius 2 is 1.79 bits per heavy atom. The quantitative estimate of drug-likeness (QED) is 0.346. The molecule has 1 saturated carbocycles. The van der Waals surface area contributed by atoms with E-state index < -0.39 is 58.0 Å². The molecule has 206 valence electrons. The van der Waals surface area contributed by atoms with Crippen molar-refractivity contribution in [3.8, 4) is 5.75 Å². The van der Waals surface area contributed by atoms with Gasteiger partial charge in [0.05, 0.1) is 11.6 Å². The average Bonchev–Trinajstić information content (AvgIpc) is 2.80. The number of carbonyl (C=O) groups excluding carboxylic acids is 3. The first-order valence-corrected chi connectivity index (χ1v) is 12.8. The molecule has 1 amide bonds. The summed E-state index contributed by atoms with van der Waals surface area (Å²) in [5.74, 6) is -6.02. The van der Waals surface area contributed by atoms with E-state index in [4.69, 9.17) is 5.73 Å². The maximum Gasteiger partial charge on any atom is 0.255 e. The zero-order valence-electron chi connectivity index (χ0n) is 22.7. The molecule has 0 radical (unpaired) electrons. The predicted molar refractivity (Wildman–Crippen MR) is 142 cm³/mol. The molecule has 0 spiro atoms. The summed E-state index contributed by atoms with van der Waals surface area (Å²) in [7, 11) is 6.87. The van der Waals surface area contributed by atoms with Crippen molar-refractivity contribution in [3.63, 3.8) is 0 Å². The van der Waals surface area contributed by atoms with E-state index in [1.807, 2.05) is 25.1 Å². The number of anilines is 1. The Kier molecular flexibility index (Phi) is 6.86. The number of phenolic OH excluding ortho intramolecular Hbond substituents is 1. The zero-order valence-corrected chi connectivity index (χ0v) is 22.7. The number of hydrogen-bond donors (Lipinski definition) is 5. The topological polar surface area (TPSA) is 165 Å². The van der Waals surface area contributed by atoms with Crippen LogP contribution in [0.15, 0.2) is 23.0 Å². The number of nitrogens with two attached hydrogens (primary N) is 1. The smallest absolute Gasteiger partial charge is 0.255 e. The van der Waals surface area contributed by atoms with Crippen LogP contribution in [-0.2, 0) is 27.2 Å². The lowest BCUT2D eigenvalue weighted by molar-refractivity contribution is -0.153. The zero-order chi connectivity index (χ0) is 28.4. The summed E-state index contributed by atoms with van der Waals surface area (Å²) in [6.45, 7) is 4.14. The molecule has 0 aromatic heterocycles. The van der Waals surface area contributed by atoms with Gasteiger partial charge in [-0.1, -0.05) is 13.8 Å². The number of fused-ring (bicyclic) bond motifs is 3. The van der Waals surface area contributed by atoms with Gasteiger partial charge in [-0.05, 0) is 68.8 Å². The van der Waals surface area contributed by atoms with E-state index in [0.29, 0.717) is 23.5 Å². The molecule has 0 aliphatic heterocycles. The highest BCUT2D eigenvalue weighted by Gasteiger charge is 2.64. The molecule has 3 aliphatic rings. The first-order valence-electron chi connectivity index (χ1n) is 12.8. The van der Waals surface area contributed by atoms with Gasteiger partial charge in [0.15, 0.2) is 11.4 Å². The van der Waals surface area contributed by atoms with Crippen LogP contribution in [-0.4, -0.2) is 82.6 Å². The lowest BCUT2D eigenvalue weighted by atomic mass is 9.57. The fourth-order valence-electron chi connectivity index (χ4n) is 6.38. The third-order valence-corrected chi connectivity index (χ3v) is 8.25. The van der Waals surface area contributed by atoms with Crippen LogP contribution in [0.25, 0.3) is 5.76 Å². The van der Waals surface area contributed by atoms with Crippen LogP contribution < -0.4 is 10.6 Å². The minimum atomic E-state index is -2.64. The van der Waals surface area contributed by atoms with E-state index in [0.717, 1.165) is 12.1 Å². The van der Waals surface area contributed by atoms with Crippen LogP contribution in [0.3, 0.4) is 0 Å². The number of aryl methyl sites for hydroxylation is 1. The van der Waals surface area contributed by atoms with Gasteiger partial charge in [-0.15, -0.1) is 0 Å². The molecular weight excluding hydrogens is 490 g/mol. The van der Waals surface area contributed by atoms with Crippen molar-refractivity contribution >= 4 is 28.9 Å². The van der Waals surface area contributed by atoms with Gasteiger partial charge in [-0.3, -0.25) is 19.3 Å². The molecule has 0 saturated heterocycles. The van der Waals surface area contributed by atoms with Crippen molar-refractivity contribution in [2.45, 2.75) is 51.2 Å². The number of Topliss-reactive ketones (excluding diaryl/α,β-unsaturated/α-hetero) is 2. The highest BCUT2D eigenvalue weighted by atomic mass is 16.3. The minimum Gasteiger partial charge on any atom is -0.508 e. The van der Waals surface area contributed by atoms with Crippen LogP contribution in [0.5, 0.6) is 5.75 Å². The first-order chi connectivity index (χ1) is 17.6. The van der Waals surface area contributed by atoms with Crippen molar-refractivity contribution in [2.75, 3.05) is 33.1 Å². The van der Waals surface area contributed by atoms with E-state index in [1.54, 1.807) is 14.1 Å². The summed E-state index contributed by atoms with van der Waals surface area (Å²) in [6.07, 6.45) is 1.68. The van der Waals surface area contributed by atoms with Crippen molar-refractivity contribution in [2.24, 2.45) is 23.5 Å². The normalized spacial score (nSPS) is 27.0. The third kappa shape index (κ3) is 3.89. The van der Waals surface area contributed by atoms with Gasteiger partial charge in [-0.2, -0.15) is 0 Å². The van der Waals surface area contributed by atoms with Gasteiger partial charge in [-0.25, -0.2) is 0 Å². The van der Waals surface area contributed by atoms with Crippen molar-refractivity contribution in [3.05, 3.63) is 39.7 Å². The Labute approximate surface area is 222 Å². The van der Waals surface area contributed by atoms with Crippen LogP contribution in [0.1, 0.15) is 43.4 Å². The number of ketones is 2. The largest absolute Gasteiger partial charge is 0.508 e. The second-order valence-corrected chi connectivity index (χ2v) is 11.5. The summed E-state index contributed by atoms with van der Waals surface area (Å²) < 4.78 is 0. The van der Waals surface area contributed by atoms with Crippen molar-refractivity contribution in [1.82, 2.24) is 4.90 Å². The van der Waals surface area contributed by atoms with E-state index in [1.165, 1.54) is 4.90 Å². The molecule has 0 heterocycles. The van der Waals surface area contributed by atoms with Crippen LogP contribution >= 0.6 is 0 Å². The molecule has 38 heavy (non-hydrogen) atoms. The number of aromatic hydroxyl groups is 1. The number of aliphatic hydroxyl groups is 3. The number of likely N-dealkylation sites (N-methyl/N-ethyl adjacent to an activating group) is 1. The number of primary amides is 1. The lowest BCUT2D eigenvalue weighted by Gasteiger charge is -2.50. The Hall–Kier alpha value is -3.37. The van der Waals surface area contributed by atoms with Crippen LogP contribution in [0.4, 0.5) is 5.69 Å².